The number of nitrogens with zero attached hydrogens (tertiary/aromatic N) is 5. The summed E-state index contributed by atoms with van der Waals surface area (Å²) in [5.74, 6) is 1.02. The third-order valence-electron chi connectivity index (χ3n) is 11.2. The van der Waals surface area contributed by atoms with Crippen molar-refractivity contribution in [3.8, 4) is 0 Å². The second-order valence-corrected chi connectivity index (χ2v) is 13.3. The average molecular weight is 613 g/mol. The van der Waals surface area contributed by atoms with Crippen molar-refractivity contribution in [1.29, 1.82) is 0 Å². The summed E-state index contributed by atoms with van der Waals surface area (Å²) in [6, 6.07) is 27.0. The van der Waals surface area contributed by atoms with Gasteiger partial charge in [-0.1, -0.05) is 81.8 Å². The van der Waals surface area contributed by atoms with Gasteiger partial charge in [0.2, 0.25) is 0 Å². The molecule has 46 heavy (non-hydrogen) atoms. The molecule has 4 heterocycles. The molecule has 1 saturated heterocycles. The molecule has 1 fully saturated rings. The SMILES string of the molecule is C=CC1(CC)c2ccc(CCCC)cc2N2C=CN(C)C2C1(CC)C1N(c2ccccc2C)C2=NC=CNC2N1c1ccccc1. The molecule has 0 amide bonds. The molecule has 0 saturated carbocycles. The molecule has 4 aliphatic rings. The minimum absolute atomic E-state index is 0.0424. The van der Waals surface area contributed by atoms with E-state index >= 15 is 0 Å². The van der Waals surface area contributed by atoms with Crippen LogP contribution in [0.5, 0.6) is 0 Å². The van der Waals surface area contributed by atoms with Crippen molar-refractivity contribution in [2.45, 2.75) is 83.7 Å². The van der Waals surface area contributed by atoms with Crippen LogP contribution in [0, 0.1) is 12.3 Å². The van der Waals surface area contributed by atoms with Gasteiger partial charge in [0.1, 0.15) is 12.3 Å². The van der Waals surface area contributed by atoms with Crippen molar-refractivity contribution < 1.29 is 0 Å². The zero-order valence-electron chi connectivity index (χ0n) is 28.0. The van der Waals surface area contributed by atoms with Gasteiger partial charge in [0, 0.05) is 54.3 Å². The molecule has 5 unspecified atom stereocenters. The van der Waals surface area contributed by atoms with Crippen LogP contribution in [0.1, 0.15) is 63.1 Å². The minimum atomic E-state index is -0.376. The van der Waals surface area contributed by atoms with Gasteiger partial charge in [-0.2, -0.15) is 0 Å². The van der Waals surface area contributed by atoms with E-state index in [9.17, 15) is 0 Å². The van der Waals surface area contributed by atoms with Gasteiger partial charge in [-0.25, -0.2) is 4.99 Å². The molecular formula is C40H48N6. The minimum Gasteiger partial charge on any atom is -0.364 e. The first-order chi connectivity index (χ1) is 22.5. The van der Waals surface area contributed by atoms with Crippen molar-refractivity contribution in [3.05, 3.63) is 127 Å². The molecule has 0 aromatic heterocycles. The summed E-state index contributed by atoms with van der Waals surface area (Å²) < 4.78 is 0. The van der Waals surface area contributed by atoms with Crippen molar-refractivity contribution in [2.75, 3.05) is 21.7 Å². The monoisotopic (exact) mass is 612 g/mol. The summed E-state index contributed by atoms with van der Waals surface area (Å²) in [5.41, 5.74) is 6.94. The Hall–Kier alpha value is -4.45. The molecule has 1 N–H and O–H groups in total. The van der Waals surface area contributed by atoms with Crippen LogP contribution in [-0.4, -0.2) is 36.3 Å². The maximum atomic E-state index is 5.15. The molecule has 6 nitrogen and oxygen atoms in total. The number of unbranched alkanes of at least 4 members (excludes halogenated alkanes) is 1. The Morgan fingerprint density at radius 3 is 2.41 bits per heavy atom. The zero-order chi connectivity index (χ0) is 32.1. The second-order valence-electron chi connectivity index (χ2n) is 13.3. The molecule has 0 bridgehead atoms. The fraction of sp³-hybridized carbons (Fsp3) is 0.375. The second kappa shape index (κ2) is 11.7. The summed E-state index contributed by atoms with van der Waals surface area (Å²) in [5, 5.41) is 3.74. The number of amidine groups is 1. The predicted molar refractivity (Wildman–Crippen MR) is 193 cm³/mol. The van der Waals surface area contributed by atoms with Crippen molar-refractivity contribution in [2.24, 2.45) is 10.4 Å². The van der Waals surface area contributed by atoms with E-state index in [1.165, 1.54) is 46.6 Å². The molecule has 5 atom stereocenters. The topological polar surface area (TPSA) is 37.4 Å². The van der Waals surface area contributed by atoms with E-state index in [0.29, 0.717) is 0 Å². The maximum absolute atomic E-state index is 5.15. The van der Waals surface area contributed by atoms with Gasteiger partial charge in [0.25, 0.3) is 0 Å². The van der Waals surface area contributed by atoms with E-state index in [-0.39, 0.29) is 29.3 Å². The van der Waals surface area contributed by atoms with E-state index in [1.807, 2.05) is 12.4 Å². The Balaban J connectivity index is 1.57. The van der Waals surface area contributed by atoms with Gasteiger partial charge in [-0.3, -0.25) is 0 Å². The number of rotatable bonds is 9. The summed E-state index contributed by atoms with van der Waals surface area (Å²) in [4.78, 5) is 15.3. The Bertz CT molecular complexity index is 1690. The largest absolute Gasteiger partial charge is 0.364 e. The van der Waals surface area contributed by atoms with Crippen molar-refractivity contribution >= 4 is 22.9 Å². The highest BCUT2D eigenvalue weighted by molar-refractivity contribution is 6.08. The van der Waals surface area contributed by atoms with Crippen LogP contribution in [0.4, 0.5) is 17.1 Å². The number of para-hydroxylation sites is 2. The molecular weight excluding hydrogens is 564 g/mol. The van der Waals surface area contributed by atoms with Gasteiger partial charge < -0.3 is 24.9 Å². The van der Waals surface area contributed by atoms with Gasteiger partial charge in [0.05, 0.1) is 5.41 Å². The van der Waals surface area contributed by atoms with Gasteiger partial charge in [0.15, 0.2) is 12.0 Å². The lowest BCUT2D eigenvalue weighted by atomic mass is 9.51. The molecule has 0 radical (unpaired) electrons. The quantitative estimate of drug-likeness (QED) is 0.246. The number of aryl methyl sites for hydroxylation is 2. The Morgan fingerprint density at radius 1 is 0.913 bits per heavy atom. The number of anilines is 3. The predicted octanol–water partition coefficient (Wildman–Crippen LogP) is 8.28. The summed E-state index contributed by atoms with van der Waals surface area (Å²) in [7, 11) is 2.26. The van der Waals surface area contributed by atoms with E-state index in [2.05, 4.69) is 151 Å². The van der Waals surface area contributed by atoms with Crippen LogP contribution in [-0.2, 0) is 11.8 Å². The summed E-state index contributed by atoms with van der Waals surface area (Å²) >= 11 is 0. The van der Waals surface area contributed by atoms with Crippen LogP contribution in [0.25, 0.3) is 0 Å². The highest BCUT2D eigenvalue weighted by Crippen LogP contribution is 2.64. The zero-order valence-corrected chi connectivity index (χ0v) is 28.0. The third kappa shape index (κ3) is 4.11. The number of allylic oxidation sites excluding steroid dienone is 1. The van der Waals surface area contributed by atoms with Crippen molar-refractivity contribution in [1.82, 2.24) is 10.2 Å². The van der Waals surface area contributed by atoms with Gasteiger partial charge in [-0.15, -0.1) is 6.58 Å². The van der Waals surface area contributed by atoms with Crippen LogP contribution in [0.15, 0.2) is 115 Å². The number of aliphatic imine (C=N–C) groups is 1. The van der Waals surface area contributed by atoms with Gasteiger partial charge >= 0.3 is 0 Å². The number of fused-ring (bicyclic) bond motifs is 4. The molecule has 6 heteroatoms. The third-order valence-corrected chi connectivity index (χ3v) is 11.2. The lowest BCUT2D eigenvalue weighted by Crippen LogP contribution is -2.72. The molecule has 238 valence electrons. The molecule has 0 spiro atoms. The van der Waals surface area contributed by atoms with Gasteiger partial charge in [-0.05, 0) is 73.6 Å². The standard InChI is InChI=1S/C40H48N6/c1-7-11-18-30-22-23-32-34(28-30)44-27-26-43(6)37(44)40(10-4,39(32,8-2)9-3)38-45(31-19-13-12-14-20-31)35-36(42-25-24-41-35)46(38)33-21-16-15-17-29(33)5/h8,12-17,19-28,35,37-38,41H,2,7,9-11,18H2,1,3-6H3. The molecule has 3 aromatic carbocycles. The fourth-order valence-corrected chi connectivity index (χ4v) is 9.19. The highest BCUT2D eigenvalue weighted by Gasteiger charge is 2.69. The average Bonchev–Trinajstić information content (AvgIpc) is 3.66. The molecule has 4 aliphatic heterocycles. The number of benzene rings is 3. The first kappa shape index (κ1) is 30.2. The Kier molecular flexibility index (Phi) is 7.70. The number of hydrogen-bond acceptors (Lipinski definition) is 6. The van der Waals surface area contributed by atoms with Crippen LogP contribution < -0.4 is 20.0 Å². The van der Waals surface area contributed by atoms with Crippen LogP contribution >= 0.6 is 0 Å². The Morgan fingerprint density at radius 2 is 1.70 bits per heavy atom. The van der Waals surface area contributed by atoms with E-state index in [4.69, 9.17) is 11.6 Å². The maximum Gasteiger partial charge on any atom is 0.161 e. The van der Waals surface area contributed by atoms with Crippen LogP contribution in [0.2, 0.25) is 0 Å². The highest BCUT2D eigenvalue weighted by atomic mass is 15.5. The lowest BCUT2D eigenvalue weighted by Gasteiger charge is -2.64. The first-order valence-corrected chi connectivity index (χ1v) is 17.1. The molecule has 3 aromatic rings. The Labute approximate surface area is 275 Å². The summed E-state index contributed by atoms with van der Waals surface area (Å²) in [6.45, 7) is 14.0. The summed E-state index contributed by atoms with van der Waals surface area (Å²) in [6.07, 6.45) is 15.9. The number of nitrogens with one attached hydrogen (secondary N) is 1. The van der Waals surface area contributed by atoms with E-state index in [1.54, 1.807) is 0 Å². The normalized spacial score (nSPS) is 27.7. The van der Waals surface area contributed by atoms with Crippen LogP contribution in [0.3, 0.4) is 0 Å². The smallest absolute Gasteiger partial charge is 0.161 e. The van der Waals surface area contributed by atoms with Crippen molar-refractivity contribution in [3.63, 3.8) is 0 Å². The van der Waals surface area contributed by atoms with E-state index < -0.39 is 0 Å². The lowest BCUT2D eigenvalue weighted by molar-refractivity contribution is 0.0134. The number of hydrogen-bond donors (Lipinski definition) is 1. The van der Waals surface area contributed by atoms with E-state index in [0.717, 1.165) is 25.1 Å². The first-order valence-electron chi connectivity index (χ1n) is 17.1. The fourth-order valence-electron chi connectivity index (χ4n) is 9.19. The molecule has 0 aliphatic carbocycles. The molecule has 7 rings (SSSR count).